The zero-order chi connectivity index (χ0) is 24.7. The minimum Gasteiger partial charge on any atom is -0.494 e. The second-order valence-electron chi connectivity index (χ2n) is 7.74. The van der Waals surface area contributed by atoms with Gasteiger partial charge in [-0.3, -0.25) is 0 Å². The zero-order valence-corrected chi connectivity index (χ0v) is 18.2. The van der Waals surface area contributed by atoms with Crippen molar-refractivity contribution < 1.29 is 26.7 Å². The lowest BCUT2D eigenvalue weighted by Gasteiger charge is -2.27. The van der Waals surface area contributed by atoms with Crippen LogP contribution in [0.3, 0.4) is 0 Å². The van der Waals surface area contributed by atoms with Crippen LogP contribution < -0.4 is 15.0 Å². The molecule has 0 unspecified atom stereocenters. The van der Waals surface area contributed by atoms with Gasteiger partial charge in [0, 0.05) is 42.8 Å². The van der Waals surface area contributed by atoms with Gasteiger partial charge in [-0.2, -0.15) is 18.2 Å². The van der Waals surface area contributed by atoms with Crippen LogP contribution >= 0.6 is 0 Å². The number of benzene rings is 2. The lowest BCUT2D eigenvalue weighted by molar-refractivity contribution is -0.140. The van der Waals surface area contributed by atoms with Gasteiger partial charge >= 0.3 is 6.18 Å². The highest BCUT2D eigenvalue weighted by Crippen LogP contribution is 2.33. The Morgan fingerprint density at radius 2 is 1.86 bits per heavy atom. The summed E-state index contributed by atoms with van der Waals surface area (Å²) < 4.78 is 74.1. The van der Waals surface area contributed by atoms with E-state index in [2.05, 4.69) is 20.4 Å². The van der Waals surface area contributed by atoms with Gasteiger partial charge in [0.1, 0.15) is 5.75 Å². The van der Waals surface area contributed by atoms with Crippen molar-refractivity contribution in [3.05, 3.63) is 66.3 Å². The number of nitrogens with zero attached hydrogens (tertiary/aromatic N) is 6. The number of rotatable bonds is 5. The number of halogens is 5. The van der Waals surface area contributed by atoms with Gasteiger partial charge in [0.05, 0.1) is 19.1 Å². The number of aromatic nitrogens is 5. The number of anilines is 4. The van der Waals surface area contributed by atoms with Gasteiger partial charge in [0.25, 0.3) is 0 Å². The number of alkyl halides is 3. The number of hydrogen-bond donors (Lipinski definition) is 1. The second kappa shape index (κ2) is 8.56. The molecule has 0 fully saturated rings. The molecule has 8 nitrogen and oxygen atoms in total. The SMILES string of the molecule is COc1cc(Nc2nc3n(n2)CCCN3c2ccc(F)c(F)c2)ccc1-n1cnc(C(F)(F)F)c1. The van der Waals surface area contributed by atoms with Crippen molar-refractivity contribution in [2.24, 2.45) is 0 Å². The highest BCUT2D eigenvalue weighted by molar-refractivity contribution is 5.64. The molecule has 0 aliphatic carbocycles. The van der Waals surface area contributed by atoms with Crippen molar-refractivity contribution in [2.45, 2.75) is 19.1 Å². The minimum atomic E-state index is -4.56. The molecule has 35 heavy (non-hydrogen) atoms. The summed E-state index contributed by atoms with van der Waals surface area (Å²) in [6.45, 7) is 1.14. The van der Waals surface area contributed by atoms with E-state index >= 15 is 0 Å². The van der Waals surface area contributed by atoms with Gasteiger partial charge in [0.15, 0.2) is 17.3 Å². The molecule has 182 valence electrons. The normalized spacial score (nSPS) is 13.6. The molecule has 0 saturated heterocycles. The van der Waals surface area contributed by atoms with Gasteiger partial charge < -0.3 is 19.5 Å². The van der Waals surface area contributed by atoms with E-state index in [4.69, 9.17) is 4.74 Å². The molecule has 3 heterocycles. The van der Waals surface area contributed by atoms with Crippen molar-refractivity contribution in [2.75, 3.05) is 23.9 Å². The molecule has 1 aliphatic rings. The average molecular weight is 491 g/mol. The number of aryl methyl sites for hydroxylation is 1. The standard InChI is InChI=1S/C22H18F5N7O/c1-35-18-9-13(3-6-17(18)32-11-19(28-12-32)22(25,26)27)29-20-30-21-33(7-2-8-34(21)31-20)14-4-5-15(23)16(24)10-14/h3-6,9-12H,2,7-8H2,1H3,(H,29,31). The monoisotopic (exact) mass is 491 g/mol. The summed E-state index contributed by atoms with van der Waals surface area (Å²) in [4.78, 5) is 9.64. The Morgan fingerprint density at radius 3 is 2.57 bits per heavy atom. The first kappa shape index (κ1) is 22.6. The molecule has 0 radical (unpaired) electrons. The van der Waals surface area contributed by atoms with Gasteiger partial charge in [0.2, 0.25) is 11.9 Å². The van der Waals surface area contributed by atoms with E-state index in [-0.39, 0.29) is 5.95 Å². The van der Waals surface area contributed by atoms with Crippen molar-refractivity contribution >= 4 is 23.3 Å². The molecule has 0 saturated carbocycles. The van der Waals surface area contributed by atoms with Crippen LogP contribution in [0.1, 0.15) is 12.1 Å². The van der Waals surface area contributed by atoms with E-state index in [9.17, 15) is 22.0 Å². The van der Waals surface area contributed by atoms with E-state index in [0.717, 1.165) is 31.1 Å². The molecule has 2 aromatic heterocycles. The Morgan fingerprint density at radius 1 is 1.03 bits per heavy atom. The highest BCUT2D eigenvalue weighted by atomic mass is 19.4. The van der Waals surface area contributed by atoms with Gasteiger partial charge in [-0.15, -0.1) is 5.10 Å². The molecule has 0 amide bonds. The highest BCUT2D eigenvalue weighted by Gasteiger charge is 2.33. The fourth-order valence-electron chi connectivity index (χ4n) is 3.81. The van der Waals surface area contributed by atoms with Gasteiger partial charge in [-0.25, -0.2) is 18.4 Å². The van der Waals surface area contributed by atoms with Crippen LogP contribution in [0, 0.1) is 11.6 Å². The summed E-state index contributed by atoms with van der Waals surface area (Å²) in [5, 5.41) is 7.48. The lowest BCUT2D eigenvalue weighted by Crippen LogP contribution is -2.28. The Kier molecular flexibility index (Phi) is 5.53. The molecule has 0 atom stereocenters. The van der Waals surface area contributed by atoms with Crippen molar-refractivity contribution in [3.63, 3.8) is 0 Å². The van der Waals surface area contributed by atoms with E-state index < -0.39 is 23.5 Å². The predicted octanol–water partition coefficient (Wildman–Crippen LogP) is 5.05. The number of fused-ring (bicyclic) bond motifs is 1. The maximum atomic E-state index is 13.8. The van der Waals surface area contributed by atoms with Crippen LogP contribution in [0.2, 0.25) is 0 Å². The molecule has 1 N–H and O–H groups in total. The fraction of sp³-hybridized carbons (Fsp3) is 0.227. The summed E-state index contributed by atoms with van der Waals surface area (Å²) >= 11 is 0. The third-order valence-electron chi connectivity index (χ3n) is 5.45. The first-order valence-corrected chi connectivity index (χ1v) is 10.5. The maximum Gasteiger partial charge on any atom is 0.434 e. The first-order valence-electron chi connectivity index (χ1n) is 10.5. The van der Waals surface area contributed by atoms with Gasteiger partial charge in [-0.1, -0.05) is 0 Å². The first-order chi connectivity index (χ1) is 16.7. The number of methoxy groups -OCH3 is 1. The molecule has 1 aliphatic heterocycles. The van der Waals surface area contributed by atoms with E-state index in [1.807, 2.05) is 0 Å². The maximum absolute atomic E-state index is 13.8. The fourth-order valence-corrected chi connectivity index (χ4v) is 3.81. The van der Waals surface area contributed by atoms with E-state index in [1.54, 1.807) is 27.8 Å². The van der Waals surface area contributed by atoms with Crippen molar-refractivity contribution in [3.8, 4) is 11.4 Å². The lowest BCUT2D eigenvalue weighted by atomic mass is 10.2. The summed E-state index contributed by atoms with van der Waals surface area (Å²) in [6, 6.07) is 8.45. The van der Waals surface area contributed by atoms with Crippen LogP contribution in [-0.4, -0.2) is 38.0 Å². The number of imidazole rings is 1. The summed E-state index contributed by atoms with van der Waals surface area (Å²) in [5.74, 6) is -0.867. The molecule has 4 aromatic rings. The number of ether oxygens (including phenoxy) is 1. The molecule has 0 spiro atoms. The Balaban J connectivity index is 1.41. The molecule has 13 heteroatoms. The smallest absolute Gasteiger partial charge is 0.434 e. The van der Waals surface area contributed by atoms with Gasteiger partial charge in [-0.05, 0) is 30.7 Å². The molecular weight excluding hydrogens is 473 g/mol. The van der Waals surface area contributed by atoms with Crippen LogP contribution in [0.5, 0.6) is 5.75 Å². The quantitative estimate of drug-likeness (QED) is 0.394. The molecule has 2 aromatic carbocycles. The third kappa shape index (κ3) is 4.36. The molecular formula is C22H18F5N7O. The Bertz CT molecular complexity index is 1380. The van der Waals surface area contributed by atoms with Crippen LogP contribution in [0.4, 0.5) is 45.2 Å². The average Bonchev–Trinajstić information content (AvgIpc) is 3.48. The number of hydrogen-bond acceptors (Lipinski definition) is 6. The molecule has 5 rings (SSSR count). The molecule has 0 bridgehead atoms. The number of nitrogens with one attached hydrogen (secondary N) is 1. The van der Waals surface area contributed by atoms with Crippen molar-refractivity contribution in [1.82, 2.24) is 24.3 Å². The van der Waals surface area contributed by atoms with Crippen LogP contribution in [-0.2, 0) is 12.7 Å². The van der Waals surface area contributed by atoms with Crippen LogP contribution in [0.15, 0.2) is 48.9 Å². The summed E-state index contributed by atoms with van der Waals surface area (Å²) in [5.41, 5.74) is 0.334. The zero-order valence-electron chi connectivity index (χ0n) is 18.2. The summed E-state index contributed by atoms with van der Waals surface area (Å²) in [7, 11) is 1.40. The summed E-state index contributed by atoms with van der Waals surface area (Å²) in [6.07, 6.45) is -1.89. The third-order valence-corrected chi connectivity index (χ3v) is 5.45. The minimum absolute atomic E-state index is 0.256. The van der Waals surface area contributed by atoms with Crippen LogP contribution in [0.25, 0.3) is 5.69 Å². The predicted molar refractivity (Wildman–Crippen MR) is 116 cm³/mol. The largest absolute Gasteiger partial charge is 0.494 e. The Labute approximate surface area is 195 Å². The van der Waals surface area contributed by atoms with E-state index in [1.165, 1.54) is 17.7 Å². The van der Waals surface area contributed by atoms with Crippen molar-refractivity contribution in [1.29, 1.82) is 0 Å². The van der Waals surface area contributed by atoms with E-state index in [0.29, 0.717) is 41.8 Å². The second-order valence-corrected chi connectivity index (χ2v) is 7.74. The topological polar surface area (TPSA) is 73.0 Å². The Hall–Kier alpha value is -4.16.